The third-order valence-corrected chi connectivity index (χ3v) is 6.18. The molecule has 1 aromatic rings. The Morgan fingerprint density at radius 1 is 1.07 bits per heavy atom. The molecule has 29 heavy (non-hydrogen) atoms. The fourth-order valence-electron chi connectivity index (χ4n) is 4.24. The Hall–Kier alpha value is -2.22. The zero-order valence-electron chi connectivity index (χ0n) is 18.5. The van der Waals surface area contributed by atoms with Gasteiger partial charge in [0.05, 0.1) is 13.2 Å². The summed E-state index contributed by atoms with van der Waals surface area (Å²) in [5.41, 5.74) is 2.30. The van der Waals surface area contributed by atoms with Gasteiger partial charge in [-0.1, -0.05) is 13.8 Å². The number of rotatable bonds is 6. The maximum absolute atomic E-state index is 13.3. The maximum atomic E-state index is 13.3. The number of methoxy groups -OCH3 is 1. The molecule has 1 aromatic heterocycles. The molecular weight excluding hydrogens is 370 g/mol. The monoisotopic (exact) mass is 403 g/mol. The molecule has 2 saturated heterocycles. The van der Waals surface area contributed by atoms with Crippen LogP contribution in [0.5, 0.6) is 0 Å². The second kappa shape index (κ2) is 8.26. The first-order valence-corrected chi connectivity index (χ1v) is 10.4. The number of aryl methyl sites for hydroxylation is 2. The van der Waals surface area contributed by atoms with Crippen molar-refractivity contribution >= 4 is 17.9 Å². The second-order valence-electron chi connectivity index (χ2n) is 8.57. The first kappa shape index (κ1) is 21.5. The topological polar surface area (TPSA) is 78.9 Å². The average molecular weight is 404 g/mol. The highest BCUT2D eigenvalue weighted by Crippen LogP contribution is 2.38. The number of carbonyl (C=O) groups is 2. The van der Waals surface area contributed by atoms with Crippen LogP contribution in [0.3, 0.4) is 0 Å². The van der Waals surface area contributed by atoms with Gasteiger partial charge < -0.3 is 14.5 Å². The molecule has 3 amide bonds. The van der Waals surface area contributed by atoms with Crippen LogP contribution in [-0.2, 0) is 9.53 Å². The number of aromatic nitrogens is 2. The Labute approximate surface area is 173 Å². The molecule has 2 fully saturated rings. The second-order valence-corrected chi connectivity index (χ2v) is 8.57. The van der Waals surface area contributed by atoms with Crippen LogP contribution in [-0.4, -0.2) is 77.1 Å². The van der Waals surface area contributed by atoms with Crippen molar-refractivity contribution in [3.63, 3.8) is 0 Å². The molecule has 3 rings (SSSR count). The van der Waals surface area contributed by atoms with Gasteiger partial charge in [0.25, 0.3) is 5.91 Å². The third kappa shape index (κ3) is 3.82. The van der Waals surface area contributed by atoms with Gasteiger partial charge in [-0.25, -0.2) is 14.8 Å². The third-order valence-electron chi connectivity index (χ3n) is 6.18. The minimum atomic E-state index is -0.764. The van der Waals surface area contributed by atoms with Crippen molar-refractivity contribution in [2.75, 3.05) is 44.8 Å². The van der Waals surface area contributed by atoms with Gasteiger partial charge in [0, 0.05) is 38.1 Å². The minimum absolute atomic E-state index is 0.0861. The minimum Gasteiger partial charge on any atom is -0.383 e. The summed E-state index contributed by atoms with van der Waals surface area (Å²) in [6.45, 7) is 12.7. The highest BCUT2D eigenvalue weighted by molar-refractivity contribution is 6.07. The number of nitrogens with zero attached hydrogens (tertiary/aromatic N) is 5. The number of carbonyl (C=O) groups excluding carboxylic acids is 2. The van der Waals surface area contributed by atoms with Crippen molar-refractivity contribution in [2.24, 2.45) is 5.92 Å². The molecule has 0 aromatic carbocycles. The number of anilines is 1. The summed E-state index contributed by atoms with van der Waals surface area (Å²) in [7, 11) is 1.58. The van der Waals surface area contributed by atoms with Crippen LogP contribution in [0.2, 0.25) is 0 Å². The Bertz CT molecular complexity index is 764. The molecule has 0 saturated carbocycles. The van der Waals surface area contributed by atoms with Crippen LogP contribution in [0, 0.1) is 26.7 Å². The van der Waals surface area contributed by atoms with Crippen molar-refractivity contribution in [1.29, 1.82) is 0 Å². The van der Waals surface area contributed by atoms with E-state index in [0.29, 0.717) is 51.6 Å². The SMILES string of the molecule is COCCN1C(=O)N(CC(C)C)C2(CCN(c3nc(C)c(C)c(C)n3)CC2)C1=O. The molecule has 8 nitrogen and oxygen atoms in total. The summed E-state index contributed by atoms with van der Waals surface area (Å²) < 4.78 is 5.11. The largest absolute Gasteiger partial charge is 0.383 e. The normalized spacial score (nSPS) is 19.2. The molecule has 3 heterocycles. The average Bonchev–Trinajstić information content (AvgIpc) is 2.86. The highest BCUT2D eigenvalue weighted by Gasteiger charge is 2.57. The van der Waals surface area contributed by atoms with Gasteiger partial charge in [-0.2, -0.15) is 0 Å². The first-order valence-electron chi connectivity index (χ1n) is 10.4. The molecule has 0 radical (unpaired) electrons. The summed E-state index contributed by atoms with van der Waals surface area (Å²) in [5, 5.41) is 0. The summed E-state index contributed by atoms with van der Waals surface area (Å²) in [5.74, 6) is 0.913. The Morgan fingerprint density at radius 3 is 2.17 bits per heavy atom. The molecule has 1 spiro atoms. The van der Waals surface area contributed by atoms with E-state index < -0.39 is 5.54 Å². The molecular formula is C21H33N5O3. The maximum Gasteiger partial charge on any atom is 0.327 e. The van der Waals surface area contributed by atoms with Crippen LogP contribution in [0.25, 0.3) is 0 Å². The molecule has 2 aliphatic rings. The number of piperidine rings is 1. The van der Waals surface area contributed by atoms with E-state index in [-0.39, 0.29) is 17.9 Å². The number of urea groups is 1. The van der Waals surface area contributed by atoms with Crippen LogP contribution in [0.4, 0.5) is 10.7 Å². The lowest BCUT2D eigenvalue weighted by Gasteiger charge is -2.42. The fourth-order valence-corrected chi connectivity index (χ4v) is 4.24. The summed E-state index contributed by atoms with van der Waals surface area (Å²) in [6, 6.07) is -0.188. The zero-order valence-corrected chi connectivity index (χ0v) is 18.5. The molecule has 0 N–H and O–H groups in total. The Morgan fingerprint density at radius 2 is 1.66 bits per heavy atom. The van der Waals surface area contributed by atoms with Crippen LogP contribution >= 0.6 is 0 Å². The number of amides is 3. The molecule has 2 aliphatic heterocycles. The predicted molar refractivity (Wildman–Crippen MR) is 111 cm³/mol. The van der Waals surface area contributed by atoms with Gasteiger partial charge in [-0.3, -0.25) is 9.69 Å². The molecule has 0 unspecified atom stereocenters. The Balaban J connectivity index is 1.83. The van der Waals surface area contributed by atoms with Gasteiger partial charge in [-0.05, 0) is 45.1 Å². The summed E-state index contributed by atoms with van der Waals surface area (Å²) in [4.78, 5) is 41.0. The zero-order chi connectivity index (χ0) is 21.3. The van der Waals surface area contributed by atoms with Crippen LogP contribution in [0.1, 0.15) is 43.6 Å². The van der Waals surface area contributed by atoms with E-state index in [0.717, 1.165) is 17.0 Å². The highest BCUT2D eigenvalue weighted by atomic mass is 16.5. The molecule has 0 aliphatic carbocycles. The lowest BCUT2D eigenvalue weighted by atomic mass is 9.85. The van der Waals surface area contributed by atoms with E-state index >= 15 is 0 Å². The predicted octanol–water partition coefficient (Wildman–Crippen LogP) is 2.31. The summed E-state index contributed by atoms with van der Waals surface area (Å²) >= 11 is 0. The molecule has 8 heteroatoms. The van der Waals surface area contributed by atoms with E-state index in [1.165, 1.54) is 4.90 Å². The van der Waals surface area contributed by atoms with Crippen molar-refractivity contribution in [1.82, 2.24) is 19.8 Å². The van der Waals surface area contributed by atoms with E-state index in [9.17, 15) is 9.59 Å². The molecule has 0 bridgehead atoms. The smallest absolute Gasteiger partial charge is 0.327 e. The van der Waals surface area contributed by atoms with Gasteiger partial charge in [-0.15, -0.1) is 0 Å². The number of hydrogen-bond acceptors (Lipinski definition) is 6. The van der Waals surface area contributed by atoms with E-state index in [4.69, 9.17) is 4.74 Å². The van der Waals surface area contributed by atoms with E-state index in [1.54, 1.807) is 12.0 Å². The van der Waals surface area contributed by atoms with Crippen LogP contribution < -0.4 is 4.90 Å². The lowest BCUT2D eigenvalue weighted by Crippen LogP contribution is -2.57. The quantitative estimate of drug-likeness (QED) is 0.678. The first-order chi connectivity index (χ1) is 13.7. The summed E-state index contributed by atoms with van der Waals surface area (Å²) in [6.07, 6.45) is 1.17. The number of imide groups is 1. The van der Waals surface area contributed by atoms with Crippen molar-refractivity contribution < 1.29 is 14.3 Å². The fraction of sp³-hybridized carbons (Fsp3) is 0.714. The standard InChI is InChI=1S/C21H33N5O3/c1-14(2)13-26-20(28)25(11-12-29-6)18(27)21(26)7-9-24(10-8-21)19-22-16(4)15(3)17(5)23-19/h14H,7-13H2,1-6H3. The van der Waals surface area contributed by atoms with Crippen molar-refractivity contribution in [3.05, 3.63) is 17.0 Å². The van der Waals surface area contributed by atoms with E-state index in [1.807, 2.05) is 20.8 Å². The number of hydrogen-bond donors (Lipinski definition) is 0. The van der Waals surface area contributed by atoms with Gasteiger partial charge in [0.2, 0.25) is 5.95 Å². The Kier molecular flexibility index (Phi) is 6.12. The van der Waals surface area contributed by atoms with E-state index in [2.05, 4.69) is 28.7 Å². The van der Waals surface area contributed by atoms with Gasteiger partial charge in [0.1, 0.15) is 5.54 Å². The number of ether oxygens (including phenoxy) is 1. The molecule has 160 valence electrons. The van der Waals surface area contributed by atoms with Gasteiger partial charge in [0.15, 0.2) is 0 Å². The van der Waals surface area contributed by atoms with Crippen molar-refractivity contribution in [2.45, 2.75) is 53.0 Å². The van der Waals surface area contributed by atoms with Crippen molar-refractivity contribution in [3.8, 4) is 0 Å². The lowest BCUT2D eigenvalue weighted by molar-refractivity contribution is -0.134. The molecule has 0 atom stereocenters. The van der Waals surface area contributed by atoms with Crippen LogP contribution in [0.15, 0.2) is 0 Å². The van der Waals surface area contributed by atoms with Gasteiger partial charge >= 0.3 is 6.03 Å².